The average Bonchev–Trinajstić information content (AvgIpc) is 2.87. The summed E-state index contributed by atoms with van der Waals surface area (Å²) in [5.41, 5.74) is -2.46. The zero-order valence-corrected chi connectivity index (χ0v) is 19.8. The van der Waals surface area contributed by atoms with Gasteiger partial charge in [-0.2, -0.15) is 13.2 Å². The van der Waals surface area contributed by atoms with Gasteiger partial charge in [-0.05, 0) is 78.9 Å². The molecule has 2 aliphatic rings. The van der Waals surface area contributed by atoms with E-state index in [1.54, 1.807) is 26.8 Å². The first-order valence-electron chi connectivity index (χ1n) is 10.9. The predicted octanol–water partition coefficient (Wildman–Crippen LogP) is 4.51. The van der Waals surface area contributed by atoms with Gasteiger partial charge in [-0.15, -0.1) is 0 Å². The molecule has 0 aliphatic carbocycles. The van der Waals surface area contributed by atoms with Crippen molar-refractivity contribution in [2.45, 2.75) is 90.2 Å². The van der Waals surface area contributed by atoms with Gasteiger partial charge in [0.1, 0.15) is 11.3 Å². The van der Waals surface area contributed by atoms with E-state index in [4.69, 9.17) is 14.0 Å². The number of likely N-dealkylation sites (tertiary alicyclic amines) is 1. The standard InChI is InChI=1S/C22H32BF3N2O4/c1-19(2,3)30-18(29)28-10-8-9-14(13-28)16-11-15(12-17(27-16)22(24,25)26)23-31-20(4,5)21(6,7)32-23/h11-12,14H,8-10,13H2,1-7H3. The zero-order valence-electron chi connectivity index (χ0n) is 19.8. The largest absolute Gasteiger partial charge is 0.494 e. The van der Waals surface area contributed by atoms with Crippen molar-refractivity contribution in [2.24, 2.45) is 0 Å². The van der Waals surface area contributed by atoms with Gasteiger partial charge < -0.3 is 18.9 Å². The molecular formula is C22H32BF3N2O4. The van der Waals surface area contributed by atoms with Crippen LogP contribution in [0.15, 0.2) is 12.1 Å². The summed E-state index contributed by atoms with van der Waals surface area (Å²) in [5, 5.41) is 0. The van der Waals surface area contributed by atoms with E-state index in [2.05, 4.69) is 4.98 Å². The summed E-state index contributed by atoms with van der Waals surface area (Å²) < 4.78 is 58.4. The highest BCUT2D eigenvalue weighted by molar-refractivity contribution is 6.62. The number of rotatable bonds is 2. The number of amides is 1. The van der Waals surface area contributed by atoms with E-state index in [1.165, 1.54) is 4.90 Å². The number of hydrogen-bond acceptors (Lipinski definition) is 5. The first kappa shape index (κ1) is 24.8. The monoisotopic (exact) mass is 456 g/mol. The Morgan fingerprint density at radius 1 is 1.16 bits per heavy atom. The highest BCUT2D eigenvalue weighted by Gasteiger charge is 2.52. The van der Waals surface area contributed by atoms with Crippen molar-refractivity contribution in [3.05, 3.63) is 23.5 Å². The maximum absolute atomic E-state index is 13.7. The fraction of sp³-hybridized carbons (Fsp3) is 0.727. The lowest BCUT2D eigenvalue weighted by molar-refractivity contribution is -0.141. The van der Waals surface area contributed by atoms with Crippen LogP contribution in [0.25, 0.3) is 0 Å². The number of halogens is 3. The van der Waals surface area contributed by atoms with Crippen molar-refractivity contribution < 1.29 is 32.0 Å². The zero-order chi connectivity index (χ0) is 24.1. The van der Waals surface area contributed by atoms with E-state index < -0.39 is 41.9 Å². The number of aromatic nitrogens is 1. The molecule has 2 fully saturated rings. The van der Waals surface area contributed by atoms with Crippen LogP contribution in [0.1, 0.15) is 78.6 Å². The molecule has 0 saturated carbocycles. The van der Waals surface area contributed by atoms with Crippen LogP contribution < -0.4 is 5.46 Å². The van der Waals surface area contributed by atoms with Crippen LogP contribution in [0.3, 0.4) is 0 Å². The van der Waals surface area contributed by atoms with E-state index >= 15 is 0 Å². The molecule has 0 N–H and O–H groups in total. The van der Waals surface area contributed by atoms with Gasteiger partial charge in [-0.3, -0.25) is 0 Å². The van der Waals surface area contributed by atoms with Gasteiger partial charge in [0.15, 0.2) is 0 Å². The summed E-state index contributed by atoms with van der Waals surface area (Å²) in [4.78, 5) is 18.0. The summed E-state index contributed by atoms with van der Waals surface area (Å²) in [6.45, 7) is 13.5. The second-order valence-electron chi connectivity index (χ2n) is 10.6. The van der Waals surface area contributed by atoms with Crippen molar-refractivity contribution in [2.75, 3.05) is 13.1 Å². The lowest BCUT2D eigenvalue weighted by Gasteiger charge is -2.34. The van der Waals surface area contributed by atoms with Gasteiger partial charge >= 0.3 is 19.4 Å². The molecule has 1 amide bonds. The maximum atomic E-state index is 13.7. The summed E-state index contributed by atoms with van der Waals surface area (Å²) in [6.07, 6.45) is -3.82. The minimum Gasteiger partial charge on any atom is -0.444 e. The predicted molar refractivity (Wildman–Crippen MR) is 115 cm³/mol. The molecule has 10 heteroatoms. The van der Waals surface area contributed by atoms with Crippen LogP contribution in [-0.4, -0.2) is 53.0 Å². The highest BCUT2D eigenvalue weighted by atomic mass is 19.4. The van der Waals surface area contributed by atoms with E-state index in [0.29, 0.717) is 19.4 Å². The molecule has 0 bridgehead atoms. The molecule has 6 nitrogen and oxygen atoms in total. The number of hydrogen-bond donors (Lipinski definition) is 0. The second kappa shape index (κ2) is 8.20. The smallest absolute Gasteiger partial charge is 0.444 e. The maximum Gasteiger partial charge on any atom is 0.494 e. The Hall–Kier alpha value is -1.81. The van der Waals surface area contributed by atoms with Crippen molar-refractivity contribution in [3.8, 4) is 0 Å². The average molecular weight is 456 g/mol. The van der Waals surface area contributed by atoms with Gasteiger partial charge in [-0.25, -0.2) is 9.78 Å². The number of pyridine rings is 1. The van der Waals surface area contributed by atoms with Crippen LogP contribution in [-0.2, 0) is 20.2 Å². The number of nitrogens with zero attached hydrogens (tertiary/aromatic N) is 2. The first-order valence-corrected chi connectivity index (χ1v) is 10.9. The van der Waals surface area contributed by atoms with Crippen molar-refractivity contribution in [1.82, 2.24) is 9.88 Å². The summed E-state index contributed by atoms with van der Waals surface area (Å²) in [5.74, 6) is -0.347. The molecule has 0 radical (unpaired) electrons. The Bertz CT molecular complexity index is 852. The lowest BCUT2D eigenvalue weighted by atomic mass is 9.77. The van der Waals surface area contributed by atoms with E-state index in [0.717, 1.165) is 6.07 Å². The van der Waals surface area contributed by atoms with Crippen LogP contribution >= 0.6 is 0 Å². The molecule has 0 spiro atoms. The molecule has 0 aromatic carbocycles. The number of ether oxygens (including phenoxy) is 1. The van der Waals surface area contributed by atoms with Crippen molar-refractivity contribution in [1.29, 1.82) is 0 Å². The third-order valence-corrected chi connectivity index (χ3v) is 6.17. The molecule has 1 aromatic rings. The molecular weight excluding hydrogens is 424 g/mol. The fourth-order valence-corrected chi connectivity index (χ4v) is 3.75. The number of carbonyl (C=O) groups excluding carboxylic acids is 1. The van der Waals surface area contributed by atoms with Crippen LogP contribution in [0.5, 0.6) is 0 Å². The summed E-state index contributed by atoms with van der Waals surface area (Å²) in [6, 6.07) is 2.60. The SMILES string of the molecule is CC(C)(C)OC(=O)N1CCCC(c2cc(B3OC(C)(C)C(C)(C)O3)cc(C(F)(F)F)n2)C1. The Labute approximate surface area is 187 Å². The van der Waals surface area contributed by atoms with Gasteiger partial charge in [0, 0.05) is 24.7 Å². The molecule has 1 aromatic heterocycles. The molecule has 32 heavy (non-hydrogen) atoms. The van der Waals surface area contributed by atoms with Crippen molar-refractivity contribution >= 4 is 18.7 Å². The summed E-state index contributed by atoms with van der Waals surface area (Å²) in [7, 11) is -0.937. The number of piperidine rings is 1. The topological polar surface area (TPSA) is 60.9 Å². The molecule has 1 atom stereocenters. The van der Waals surface area contributed by atoms with Gasteiger partial charge in [0.05, 0.1) is 11.2 Å². The normalized spacial score (nSPS) is 23.4. The van der Waals surface area contributed by atoms with Gasteiger partial charge in [0.25, 0.3) is 0 Å². The minimum atomic E-state index is -4.62. The Morgan fingerprint density at radius 3 is 2.28 bits per heavy atom. The quantitative estimate of drug-likeness (QED) is 0.613. The third kappa shape index (κ3) is 5.39. The van der Waals surface area contributed by atoms with Gasteiger partial charge in [0.2, 0.25) is 0 Å². The number of alkyl halides is 3. The number of carbonyl (C=O) groups is 1. The fourth-order valence-electron chi connectivity index (χ4n) is 3.75. The van der Waals surface area contributed by atoms with Crippen molar-refractivity contribution in [3.63, 3.8) is 0 Å². The Morgan fingerprint density at radius 2 is 1.75 bits per heavy atom. The third-order valence-electron chi connectivity index (χ3n) is 6.17. The molecule has 1 unspecified atom stereocenters. The van der Waals surface area contributed by atoms with Crippen LogP contribution in [0.2, 0.25) is 0 Å². The molecule has 3 rings (SSSR count). The highest BCUT2D eigenvalue weighted by Crippen LogP contribution is 2.37. The van der Waals surface area contributed by atoms with E-state index in [1.807, 2.05) is 27.7 Å². The van der Waals surface area contributed by atoms with E-state index in [-0.39, 0.29) is 23.6 Å². The summed E-state index contributed by atoms with van der Waals surface area (Å²) >= 11 is 0. The Balaban J connectivity index is 1.91. The molecule has 2 aliphatic heterocycles. The Kier molecular flexibility index (Phi) is 6.36. The molecule has 3 heterocycles. The van der Waals surface area contributed by atoms with Crippen LogP contribution in [0.4, 0.5) is 18.0 Å². The molecule has 2 saturated heterocycles. The van der Waals surface area contributed by atoms with Crippen LogP contribution in [0, 0.1) is 0 Å². The van der Waals surface area contributed by atoms with E-state index in [9.17, 15) is 18.0 Å². The minimum absolute atomic E-state index is 0.242. The molecule has 178 valence electrons. The lowest BCUT2D eigenvalue weighted by Crippen LogP contribution is -2.43. The first-order chi connectivity index (χ1) is 14.5. The van der Waals surface area contributed by atoms with Gasteiger partial charge in [-0.1, -0.05) is 0 Å². The second-order valence-corrected chi connectivity index (χ2v) is 10.6.